The predicted octanol–water partition coefficient (Wildman–Crippen LogP) is 3.76. The highest BCUT2D eigenvalue weighted by Crippen LogP contribution is 2.50. The molecule has 1 amide bonds. The number of rotatable bonds is 2. The van der Waals surface area contributed by atoms with Gasteiger partial charge in [0.15, 0.2) is 0 Å². The van der Waals surface area contributed by atoms with Crippen molar-refractivity contribution in [2.45, 2.75) is 38.4 Å². The number of fused-ring (bicyclic) bond motifs is 5. The largest absolute Gasteiger partial charge is 0.464 e. The fourth-order valence-corrected chi connectivity index (χ4v) is 4.42. The number of carbonyl (C=O) groups excluding carboxylic acids is 2. The average Bonchev–Trinajstić information content (AvgIpc) is 2.71. The normalized spacial score (nSPS) is 22.2. The average molecular weight is 380 g/mol. The number of benzene rings is 2. The quantitative estimate of drug-likeness (QED) is 0.804. The standard InChI is InChI=1S/C22H24N2O4/c1-4-28-21(25)19-18-15-8-6-5-7-14(15)12-24(22(26)27-3)20(18)16-11-13(2)9-10-17(16)23-19/h5-11,18-20,23H,4,12H2,1-3H3/t18-,19-,20+/m0/s1. The van der Waals surface area contributed by atoms with Crippen LogP contribution in [0.2, 0.25) is 0 Å². The van der Waals surface area contributed by atoms with Gasteiger partial charge in [0, 0.05) is 18.2 Å². The number of hydrogen-bond donors (Lipinski definition) is 1. The summed E-state index contributed by atoms with van der Waals surface area (Å²) in [5.41, 5.74) is 5.01. The van der Waals surface area contributed by atoms with Gasteiger partial charge < -0.3 is 14.8 Å². The molecule has 2 aliphatic rings. The van der Waals surface area contributed by atoms with E-state index in [2.05, 4.69) is 11.4 Å². The van der Waals surface area contributed by atoms with Crippen molar-refractivity contribution >= 4 is 17.7 Å². The summed E-state index contributed by atoms with van der Waals surface area (Å²) in [5.74, 6) is -0.581. The fraction of sp³-hybridized carbons (Fsp3) is 0.364. The van der Waals surface area contributed by atoms with Crippen LogP contribution in [-0.2, 0) is 20.8 Å². The van der Waals surface area contributed by atoms with Crippen LogP contribution < -0.4 is 5.32 Å². The molecule has 6 nitrogen and oxygen atoms in total. The molecule has 2 aliphatic heterocycles. The van der Waals surface area contributed by atoms with Crippen molar-refractivity contribution in [2.75, 3.05) is 19.0 Å². The van der Waals surface area contributed by atoms with Crippen LogP contribution in [0.5, 0.6) is 0 Å². The summed E-state index contributed by atoms with van der Waals surface area (Å²) in [5, 5.41) is 3.37. The summed E-state index contributed by atoms with van der Waals surface area (Å²) >= 11 is 0. The Labute approximate surface area is 164 Å². The van der Waals surface area contributed by atoms with E-state index in [1.54, 1.807) is 11.8 Å². The maximum Gasteiger partial charge on any atom is 0.410 e. The Morgan fingerprint density at radius 1 is 1.18 bits per heavy atom. The molecule has 0 saturated heterocycles. The van der Waals surface area contributed by atoms with Gasteiger partial charge in [-0.25, -0.2) is 9.59 Å². The van der Waals surface area contributed by atoms with Gasteiger partial charge in [-0.15, -0.1) is 0 Å². The predicted molar refractivity (Wildman–Crippen MR) is 105 cm³/mol. The molecular formula is C22H24N2O4. The molecule has 0 radical (unpaired) electrons. The van der Waals surface area contributed by atoms with E-state index in [1.165, 1.54) is 7.11 Å². The zero-order chi connectivity index (χ0) is 19.8. The van der Waals surface area contributed by atoms with Crippen LogP contribution in [0.1, 0.15) is 41.1 Å². The SMILES string of the molecule is CCOC(=O)[C@H]1Nc2ccc(C)cc2[C@@H]2[C@H]1c1ccccc1CN2C(=O)OC. The summed E-state index contributed by atoms with van der Waals surface area (Å²) in [6.45, 7) is 4.56. The molecule has 6 heteroatoms. The maximum absolute atomic E-state index is 12.9. The van der Waals surface area contributed by atoms with E-state index in [0.29, 0.717) is 13.2 Å². The van der Waals surface area contributed by atoms with Gasteiger partial charge in [0.2, 0.25) is 0 Å². The van der Waals surface area contributed by atoms with Crippen LogP contribution >= 0.6 is 0 Å². The van der Waals surface area contributed by atoms with E-state index in [0.717, 1.165) is 27.9 Å². The van der Waals surface area contributed by atoms with Gasteiger partial charge in [-0.1, -0.05) is 42.0 Å². The summed E-state index contributed by atoms with van der Waals surface area (Å²) in [7, 11) is 1.39. The lowest BCUT2D eigenvalue weighted by Crippen LogP contribution is -2.51. The molecule has 28 heavy (non-hydrogen) atoms. The first-order valence-electron chi connectivity index (χ1n) is 9.51. The van der Waals surface area contributed by atoms with Crippen LogP contribution in [0.4, 0.5) is 10.5 Å². The number of nitrogens with zero attached hydrogens (tertiary/aromatic N) is 1. The first-order chi connectivity index (χ1) is 13.5. The molecule has 0 bridgehead atoms. The molecular weight excluding hydrogens is 356 g/mol. The van der Waals surface area contributed by atoms with E-state index >= 15 is 0 Å². The second-order valence-electron chi connectivity index (χ2n) is 7.23. The summed E-state index contributed by atoms with van der Waals surface area (Å²) in [6.07, 6.45) is -0.401. The molecule has 0 unspecified atom stereocenters. The van der Waals surface area contributed by atoms with Gasteiger partial charge in [-0.3, -0.25) is 4.90 Å². The summed E-state index contributed by atoms with van der Waals surface area (Å²) < 4.78 is 10.5. The second kappa shape index (κ2) is 7.19. The maximum atomic E-state index is 12.9. The Bertz CT molecular complexity index is 927. The molecule has 1 N–H and O–H groups in total. The number of hydrogen-bond acceptors (Lipinski definition) is 5. The Morgan fingerprint density at radius 2 is 1.96 bits per heavy atom. The van der Waals surface area contributed by atoms with Crippen molar-refractivity contribution in [2.24, 2.45) is 0 Å². The van der Waals surface area contributed by atoms with Crippen LogP contribution in [-0.4, -0.2) is 36.7 Å². The zero-order valence-electron chi connectivity index (χ0n) is 16.3. The van der Waals surface area contributed by atoms with Crippen molar-refractivity contribution in [3.05, 3.63) is 64.7 Å². The van der Waals surface area contributed by atoms with Crippen LogP contribution in [0.3, 0.4) is 0 Å². The van der Waals surface area contributed by atoms with Gasteiger partial charge >= 0.3 is 12.1 Å². The third-order valence-electron chi connectivity index (χ3n) is 5.58. The highest BCUT2D eigenvalue weighted by molar-refractivity contribution is 5.84. The van der Waals surface area contributed by atoms with Gasteiger partial charge in [-0.05, 0) is 36.6 Å². The zero-order valence-corrected chi connectivity index (χ0v) is 16.3. The molecule has 2 aromatic rings. The number of aryl methyl sites for hydroxylation is 1. The van der Waals surface area contributed by atoms with Crippen molar-refractivity contribution in [3.63, 3.8) is 0 Å². The number of esters is 1. The van der Waals surface area contributed by atoms with E-state index in [1.807, 2.05) is 43.3 Å². The topological polar surface area (TPSA) is 67.9 Å². The summed E-state index contributed by atoms with van der Waals surface area (Å²) in [6, 6.07) is 13.1. The highest BCUT2D eigenvalue weighted by Gasteiger charge is 2.49. The van der Waals surface area contributed by atoms with Crippen molar-refractivity contribution in [1.29, 1.82) is 0 Å². The van der Waals surface area contributed by atoms with E-state index in [-0.39, 0.29) is 17.9 Å². The molecule has 0 spiro atoms. The molecule has 2 heterocycles. The fourth-order valence-electron chi connectivity index (χ4n) is 4.42. The molecule has 0 saturated carbocycles. The minimum atomic E-state index is -0.589. The van der Waals surface area contributed by atoms with Gasteiger partial charge in [0.25, 0.3) is 0 Å². The van der Waals surface area contributed by atoms with E-state index < -0.39 is 12.1 Å². The van der Waals surface area contributed by atoms with Gasteiger partial charge in [0.1, 0.15) is 6.04 Å². The number of carbonyl (C=O) groups is 2. The molecule has 0 aliphatic carbocycles. The van der Waals surface area contributed by atoms with Crippen molar-refractivity contribution in [3.8, 4) is 0 Å². The monoisotopic (exact) mass is 380 g/mol. The first kappa shape index (κ1) is 18.3. The van der Waals surface area contributed by atoms with Gasteiger partial charge in [0.05, 0.1) is 19.8 Å². The molecule has 0 aromatic heterocycles. The number of methoxy groups -OCH3 is 1. The number of ether oxygens (including phenoxy) is 2. The lowest BCUT2D eigenvalue weighted by atomic mass is 9.73. The van der Waals surface area contributed by atoms with Crippen molar-refractivity contribution in [1.82, 2.24) is 4.90 Å². The minimum absolute atomic E-state index is 0.266. The van der Waals surface area contributed by atoms with Crippen LogP contribution in [0.15, 0.2) is 42.5 Å². The third-order valence-corrected chi connectivity index (χ3v) is 5.58. The molecule has 4 rings (SSSR count). The smallest absolute Gasteiger partial charge is 0.410 e. The number of nitrogens with one attached hydrogen (secondary N) is 1. The Hall–Kier alpha value is -3.02. The Balaban J connectivity index is 1.93. The lowest BCUT2D eigenvalue weighted by molar-refractivity contribution is -0.145. The second-order valence-corrected chi connectivity index (χ2v) is 7.23. The molecule has 3 atom stereocenters. The van der Waals surface area contributed by atoms with E-state index in [9.17, 15) is 9.59 Å². The Morgan fingerprint density at radius 3 is 2.71 bits per heavy atom. The van der Waals surface area contributed by atoms with E-state index in [4.69, 9.17) is 9.47 Å². The first-order valence-corrected chi connectivity index (χ1v) is 9.51. The number of amides is 1. The van der Waals surface area contributed by atoms with Crippen molar-refractivity contribution < 1.29 is 19.1 Å². The molecule has 0 fully saturated rings. The summed E-state index contributed by atoms with van der Waals surface area (Å²) in [4.78, 5) is 27.3. The highest BCUT2D eigenvalue weighted by atomic mass is 16.5. The van der Waals surface area contributed by atoms with Gasteiger partial charge in [-0.2, -0.15) is 0 Å². The van der Waals surface area contributed by atoms with Crippen LogP contribution in [0.25, 0.3) is 0 Å². The van der Waals surface area contributed by atoms with Crippen LogP contribution in [0, 0.1) is 6.92 Å². The molecule has 2 aromatic carbocycles. The Kier molecular flexibility index (Phi) is 4.71. The molecule has 146 valence electrons. The number of anilines is 1. The third kappa shape index (κ3) is 2.89. The lowest BCUT2D eigenvalue weighted by Gasteiger charge is -2.48. The minimum Gasteiger partial charge on any atom is -0.464 e.